The van der Waals surface area contributed by atoms with E-state index in [-0.39, 0.29) is 5.91 Å². The van der Waals surface area contributed by atoms with Crippen LogP contribution >= 0.6 is 0 Å². The molecule has 1 fully saturated rings. The Labute approximate surface area is 137 Å². The summed E-state index contributed by atoms with van der Waals surface area (Å²) in [6.07, 6.45) is 4.36. The van der Waals surface area contributed by atoms with E-state index in [4.69, 9.17) is 5.26 Å². The number of nitrogens with one attached hydrogen (secondary N) is 1. The van der Waals surface area contributed by atoms with E-state index >= 15 is 0 Å². The van der Waals surface area contributed by atoms with Crippen molar-refractivity contribution >= 4 is 11.6 Å². The van der Waals surface area contributed by atoms with Gasteiger partial charge in [-0.3, -0.25) is 4.79 Å². The molecule has 23 heavy (non-hydrogen) atoms. The molecule has 1 aliphatic rings. The van der Waals surface area contributed by atoms with Crippen molar-refractivity contribution in [3.63, 3.8) is 0 Å². The average molecular weight is 304 g/mol. The van der Waals surface area contributed by atoms with Gasteiger partial charge in [-0.15, -0.1) is 0 Å². The summed E-state index contributed by atoms with van der Waals surface area (Å²) in [4.78, 5) is 13.0. The minimum Gasteiger partial charge on any atom is -0.325 e. The Morgan fingerprint density at radius 3 is 2.30 bits per heavy atom. The molecule has 3 heteroatoms. The number of nitrogens with zero attached hydrogens (tertiary/aromatic N) is 1. The van der Waals surface area contributed by atoms with E-state index in [0.717, 1.165) is 42.5 Å². The number of nitriles is 1. The van der Waals surface area contributed by atoms with Crippen LogP contribution in [0.25, 0.3) is 0 Å². The van der Waals surface area contributed by atoms with Crippen LogP contribution in [0.15, 0.2) is 54.6 Å². The molecule has 1 aliphatic carbocycles. The van der Waals surface area contributed by atoms with E-state index in [9.17, 15) is 4.79 Å². The smallest absolute Gasteiger partial charge is 0.235 e. The lowest BCUT2D eigenvalue weighted by molar-refractivity contribution is -0.121. The minimum absolute atomic E-state index is 0.0780. The fourth-order valence-corrected chi connectivity index (χ4v) is 3.43. The van der Waals surface area contributed by atoms with Gasteiger partial charge < -0.3 is 5.32 Å². The molecule has 2 aromatic rings. The van der Waals surface area contributed by atoms with Crippen LogP contribution < -0.4 is 5.32 Å². The maximum Gasteiger partial charge on any atom is 0.235 e. The fraction of sp³-hybridized carbons (Fsp3) is 0.300. The van der Waals surface area contributed by atoms with Gasteiger partial charge in [0.05, 0.1) is 17.9 Å². The lowest BCUT2D eigenvalue weighted by atomic mass is 9.78. The summed E-state index contributed by atoms with van der Waals surface area (Å²) in [7, 11) is 0. The second-order valence-electron chi connectivity index (χ2n) is 6.14. The highest BCUT2D eigenvalue weighted by atomic mass is 16.2. The van der Waals surface area contributed by atoms with Crippen molar-refractivity contribution in [3.8, 4) is 6.07 Å². The molecule has 0 bridgehead atoms. The Morgan fingerprint density at radius 1 is 1.04 bits per heavy atom. The van der Waals surface area contributed by atoms with Crippen molar-refractivity contribution in [2.24, 2.45) is 0 Å². The van der Waals surface area contributed by atoms with Crippen LogP contribution in [0.1, 0.15) is 36.8 Å². The van der Waals surface area contributed by atoms with Gasteiger partial charge in [-0.25, -0.2) is 0 Å². The highest BCUT2D eigenvalue weighted by Crippen LogP contribution is 2.42. The minimum atomic E-state index is -0.410. The third-order valence-electron chi connectivity index (χ3n) is 4.71. The summed E-state index contributed by atoms with van der Waals surface area (Å²) in [6.45, 7) is 0. The first-order chi connectivity index (χ1) is 11.2. The number of benzene rings is 2. The summed E-state index contributed by atoms with van der Waals surface area (Å²) >= 11 is 0. The molecule has 0 heterocycles. The Balaban J connectivity index is 1.81. The molecule has 0 aliphatic heterocycles. The van der Waals surface area contributed by atoms with Crippen LogP contribution in [0.3, 0.4) is 0 Å². The number of carbonyl (C=O) groups is 1. The monoisotopic (exact) mass is 304 g/mol. The van der Waals surface area contributed by atoms with E-state index in [0.29, 0.717) is 6.42 Å². The highest BCUT2D eigenvalue weighted by Gasteiger charge is 2.42. The number of anilines is 1. The van der Waals surface area contributed by atoms with E-state index in [1.165, 1.54) is 0 Å². The summed E-state index contributed by atoms with van der Waals surface area (Å²) in [5.41, 5.74) is 2.45. The lowest BCUT2D eigenvalue weighted by Gasteiger charge is -2.28. The van der Waals surface area contributed by atoms with Gasteiger partial charge in [0, 0.05) is 5.69 Å². The summed E-state index contributed by atoms with van der Waals surface area (Å²) in [5, 5.41) is 11.8. The average Bonchev–Trinajstić information content (AvgIpc) is 3.09. The zero-order chi connectivity index (χ0) is 16.1. The lowest BCUT2D eigenvalue weighted by Crippen LogP contribution is -2.37. The molecule has 1 amide bonds. The molecular formula is C20H20N2O. The largest absolute Gasteiger partial charge is 0.325 e. The summed E-state index contributed by atoms with van der Waals surface area (Å²) < 4.78 is 0. The van der Waals surface area contributed by atoms with Crippen LogP contribution in [0.2, 0.25) is 0 Å². The van der Waals surface area contributed by atoms with Gasteiger partial charge in [0.2, 0.25) is 5.91 Å². The molecule has 3 rings (SSSR count). The van der Waals surface area contributed by atoms with Crippen LogP contribution in [-0.2, 0) is 16.6 Å². The number of hydrogen-bond donors (Lipinski definition) is 1. The Morgan fingerprint density at radius 2 is 1.70 bits per heavy atom. The van der Waals surface area contributed by atoms with Gasteiger partial charge in [-0.1, -0.05) is 55.3 Å². The molecule has 0 saturated heterocycles. The van der Waals surface area contributed by atoms with Crippen LogP contribution in [0.5, 0.6) is 0 Å². The normalized spacial score (nSPS) is 15.8. The number of rotatable bonds is 4. The van der Waals surface area contributed by atoms with Crippen LogP contribution in [-0.4, -0.2) is 5.91 Å². The number of amides is 1. The van der Waals surface area contributed by atoms with Crippen molar-refractivity contribution in [1.82, 2.24) is 0 Å². The van der Waals surface area contributed by atoms with Crippen LogP contribution in [0, 0.1) is 11.3 Å². The van der Waals surface area contributed by atoms with Gasteiger partial charge in [0.15, 0.2) is 0 Å². The maximum atomic E-state index is 13.0. The third-order valence-corrected chi connectivity index (χ3v) is 4.71. The molecule has 0 aromatic heterocycles. The topological polar surface area (TPSA) is 52.9 Å². The second-order valence-corrected chi connectivity index (χ2v) is 6.14. The van der Waals surface area contributed by atoms with Gasteiger partial charge in [0.1, 0.15) is 0 Å². The molecule has 2 aromatic carbocycles. The van der Waals surface area contributed by atoms with Crippen molar-refractivity contribution in [3.05, 3.63) is 65.7 Å². The van der Waals surface area contributed by atoms with Gasteiger partial charge >= 0.3 is 0 Å². The number of carbonyl (C=O) groups excluding carboxylic acids is 1. The summed E-state index contributed by atoms with van der Waals surface area (Å²) in [6, 6.07) is 19.8. The fourth-order valence-electron chi connectivity index (χ4n) is 3.43. The summed E-state index contributed by atoms with van der Waals surface area (Å²) in [5.74, 6) is 0.0780. The Hall–Kier alpha value is -2.60. The van der Waals surface area contributed by atoms with E-state index in [2.05, 4.69) is 23.5 Å². The molecule has 1 saturated carbocycles. The Bertz CT molecular complexity index is 708. The first-order valence-corrected chi connectivity index (χ1v) is 8.07. The van der Waals surface area contributed by atoms with Gasteiger partial charge in [0.25, 0.3) is 0 Å². The standard InChI is InChI=1S/C20H20N2O/c21-15-12-16-8-10-18(11-9-16)22-19(23)20(13-4-5-14-20)17-6-2-1-3-7-17/h1-3,6-11H,4-5,12-14H2,(H,22,23). The maximum absolute atomic E-state index is 13.0. The van der Waals surface area contributed by atoms with Crippen LogP contribution in [0.4, 0.5) is 5.69 Å². The molecular weight excluding hydrogens is 284 g/mol. The molecule has 1 N–H and O–H groups in total. The highest BCUT2D eigenvalue weighted by molar-refractivity contribution is 5.99. The predicted molar refractivity (Wildman–Crippen MR) is 91.0 cm³/mol. The third kappa shape index (κ3) is 3.12. The van der Waals surface area contributed by atoms with E-state index < -0.39 is 5.41 Å². The van der Waals surface area contributed by atoms with Gasteiger partial charge in [-0.05, 0) is 36.1 Å². The SMILES string of the molecule is N#CCc1ccc(NC(=O)C2(c3ccccc3)CCCC2)cc1. The molecule has 3 nitrogen and oxygen atoms in total. The van der Waals surface area contributed by atoms with Crippen molar-refractivity contribution in [1.29, 1.82) is 5.26 Å². The first-order valence-electron chi connectivity index (χ1n) is 8.07. The van der Waals surface area contributed by atoms with Crippen molar-refractivity contribution in [2.75, 3.05) is 5.32 Å². The van der Waals surface area contributed by atoms with Crippen molar-refractivity contribution in [2.45, 2.75) is 37.5 Å². The van der Waals surface area contributed by atoms with Crippen molar-refractivity contribution < 1.29 is 4.79 Å². The molecule has 0 atom stereocenters. The quantitative estimate of drug-likeness (QED) is 0.920. The predicted octanol–water partition coefficient (Wildman–Crippen LogP) is 4.20. The molecule has 0 unspecified atom stereocenters. The zero-order valence-corrected chi connectivity index (χ0v) is 13.1. The Kier molecular flexibility index (Phi) is 4.43. The van der Waals surface area contributed by atoms with Gasteiger partial charge in [-0.2, -0.15) is 5.26 Å². The second kappa shape index (κ2) is 6.66. The molecule has 0 spiro atoms. The molecule has 116 valence electrons. The zero-order valence-electron chi connectivity index (χ0n) is 13.1. The molecule has 0 radical (unpaired) electrons. The first kappa shape index (κ1) is 15.3. The van der Waals surface area contributed by atoms with E-state index in [1.807, 2.05) is 42.5 Å². The van der Waals surface area contributed by atoms with E-state index in [1.54, 1.807) is 0 Å². The number of hydrogen-bond acceptors (Lipinski definition) is 2.